The summed E-state index contributed by atoms with van der Waals surface area (Å²) in [5.74, 6) is 0.833. The van der Waals surface area contributed by atoms with Gasteiger partial charge in [-0.25, -0.2) is 9.97 Å². The maximum atomic E-state index is 6.55. The van der Waals surface area contributed by atoms with Crippen molar-refractivity contribution in [2.45, 2.75) is 18.9 Å². The summed E-state index contributed by atoms with van der Waals surface area (Å²) < 4.78 is 6.55. The minimum atomic E-state index is 0.0268. The number of piperazine rings is 1. The third-order valence-corrected chi connectivity index (χ3v) is 6.24. The Kier molecular flexibility index (Phi) is 5.73. The van der Waals surface area contributed by atoms with Gasteiger partial charge >= 0.3 is 0 Å². The lowest BCUT2D eigenvalue weighted by Gasteiger charge is -2.34. The molecule has 0 N–H and O–H groups in total. The molecule has 3 aromatic rings. The summed E-state index contributed by atoms with van der Waals surface area (Å²) >= 11 is 0. The van der Waals surface area contributed by atoms with E-state index in [0.717, 1.165) is 58.1 Å². The standard InChI is InChI=1S/C25H28N4O/c1-3-8-22-20(6-1)10-11-21-7-2-4-9-23(21)24(22)30-19-18-28-14-16-29(17-15-28)25-26-12-5-13-27-25/h1-9,12-13,24H,10-11,14-19H2. The highest BCUT2D eigenvalue weighted by Crippen LogP contribution is 2.35. The molecule has 5 heteroatoms. The molecule has 2 heterocycles. The molecule has 1 aromatic heterocycles. The molecule has 0 saturated carbocycles. The number of anilines is 1. The fourth-order valence-corrected chi connectivity index (χ4v) is 4.58. The first-order valence-electron chi connectivity index (χ1n) is 10.9. The molecule has 1 aliphatic heterocycles. The van der Waals surface area contributed by atoms with E-state index in [1.807, 2.05) is 18.5 Å². The number of benzene rings is 2. The fourth-order valence-electron chi connectivity index (χ4n) is 4.58. The van der Waals surface area contributed by atoms with Crippen molar-refractivity contribution >= 4 is 5.95 Å². The Labute approximate surface area is 178 Å². The SMILES string of the molecule is c1cnc(N2CCN(CCOC3c4ccccc4CCc4ccccc43)CC2)nc1. The first-order chi connectivity index (χ1) is 14.9. The van der Waals surface area contributed by atoms with Crippen molar-refractivity contribution in [3.63, 3.8) is 0 Å². The van der Waals surface area contributed by atoms with Crippen LogP contribution in [0.1, 0.15) is 28.4 Å². The van der Waals surface area contributed by atoms with E-state index < -0.39 is 0 Å². The van der Waals surface area contributed by atoms with Crippen LogP contribution >= 0.6 is 0 Å². The zero-order chi connectivity index (χ0) is 20.2. The van der Waals surface area contributed by atoms with Crippen molar-refractivity contribution in [3.05, 3.63) is 89.2 Å². The summed E-state index contributed by atoms with van der Waals surface area (Å²) in [6.45, 7) is 5.62. The molecule has 0 atom stereocenters. The number of rotatable bonds is 5. The number of aromatic nitrogens is 2. The molecule has 5 rings (SSSR count). The molecule has 1 saturated heterocycles. The van der Waals surface area contributed by atoms with E-state index in [2.05, 4.69) is 68.3 Å². The van der Waals surface area contributed by atoms with Crippen LogP contribution in [0.3, 0.4) is 0 Å². The molecule has 1 aliphatic carbocycles. The van der Waals surface area contributed by atoms with Gasteiger partial charge in [-0.15, -0.1) is 0 Å². The van der Waals surface area contributed by atoms with Gasteiger partial charge in [0.25, 0.3) is 0 Å². The number of fused-ring (bicyclic) bond motifs is 2. The highest BCUT2D eigenvalue weighted by molar-refractivity contribution is 5.43. The summed E-state index contributed by atoms with van der Waals surface area (Å²) in [6.07, 6.45) is 5.81. The molecule has 5 nitrogen and oxygen atoms in total. The summed E-state index contributed by atoms with van der Waals surface area (Å²) in [7, 11) is 0. The molecule has 0 radical (unpaired) electrons. The number of ether oxygens (including phenoxy) is 1. The first kappa shape index (κ1) is 19.2. The third kappa shape index (κ3) is 4.09. The van der Waals surface area contributed by atoms with Gasteiger partial charge in [0.2, 0.25) is 5.95 Å². The zero-order valence-electron chi connectivity index (χ0n) is 17.3. The summed E-state index contributed by atoms with van der Waals surface area (Å²) in [5.41, 5.74) is 5.48. The van der Waals surface area contributed by atoms with E-state index in [1.54, 1.807) is 0 Å². The molecule has 30 heavy (non-hydrogen) atoms. The van der Waals surface area contributed by atoms with Crippen molar-refractivity contribution < 1.29 is 4.74 Å². The van der Waals surface area contributed by atoms with Gasteiger partial charge in [-0.2, -0.15) is 0 Å². The number of nitrogens with zero attached hydrogens (tertiary/aromatic N) is 4. The highest BCUT2D eigenvalue weighted by Gasteiger charge is 2.24. The lowest BCUT2D eigenvalue weighted by Crippen LogP contribution is -2.47. The smallest absolute Gasteiger partial charge is 0.225 e. The Morgan fingerprint density at radius 2 is 1.37 bits per heavy atom. The average Bonchev–Trinajstić information content (AvgIpc) is 2.97. The Morgan fingerprint density at radius 3 is 2.00 bits per heavy atom. The van der Waals surface area contributed by atoms with E-state index in [0.29, 0.717) is 0 Å². The van der Waals surface area contributed by atoms with Gasteiger partial charge in [0.1, 0.15) is 6.10 Å². The van der Waals surface area contributed by atoms with Crippen LogP contribution in [0.15, 0.2) is 67.0 Å². The van der Waals surface area contributed by atoms with Crippen LogP contribution < -0.4 is 4.90 Å². The second-order valence-corrected chi connectivity index (χ2v) is 8.03. The maximum absolute atomic E-state index is 6.55. The zero-order valence-corrected chi connectivity index (χ0v) is 17.3. The number of aryl methyl sites for hydroxylation is 2. The molecule has 0 spiro atoms. The summed E-state index contributed by atoms with van der Waals surface area (Å²) in [6, 6.07) is 19.4. The van der Waals surface area contributed by atoms with E-state index in [4.69, 9.17) is 4.74 Å². The van der Waals surface area contributed by atoms with Gasteiger partial charge in [0, 0.05) is 45.1 Å². The van der Waals surface area contributed by atoms with E-state index in [1.165, 1.54) is 22.3 Å². The van der Waals surface area contributed by atoms with E-state index >= 15 is 0 Å². The quantitative estimate of drug-likeness (QED) is 0.656. The largest absolute Gasteiger partial charge is 0.367 e. The van der Waals surface area contributed by atoms with Gasteiger partial charge in [-0.1, -0.05) is 48.5 Å². The predicted octanol–water partition coefficient (Wildman–Crippen LogP) is 3.50. The number of hydrogen-bond acceptors (Lipinski definition) is 5. The Bertz CT molecular complexity index is 922. The molecular weight excluding hydrogens is 372 g/mol. The average molecular weight is 401 g/mol. The predicted molar refractivity (Wildman–Crippen MR) is 119 cm³/mol. The Hall–Kier alpha value is -2.76. The molecule has 0 bridgehead atoms. The molecule has 2 aromatic carbocycles. The van der Waals surface area contributed by atoms with Crippen LogP contribution in [0.25, 0.3) is 0 Å². The van der Waals surface area contributed by atoms with Crippen molar-refractivity contribution in [3.8, 4) is 0 Å². The molecular formula is C25H28N4O. The van der Waals surface area contributed by atoms with Crippen molar-refractivity contribution in [2.75, 3.05) is 44.2 Å². The van der Waals surface area contributed by atoms with Gasteiger partial charge in [-0.3, -0.25) is 4.90 Å². The van der Waals surface area contributed by atoms with Gasteiger partial charge in [-0.05, 0) is 41.2 Å². The summed E-state index contributed by atoms with van der Waals surface area (Å²) in [4.78, 5) is 13.5. The first-order valence-corrected chi connectivity index (χ1v) is 10.9. The minimum Gasteiger partial charge on any atom is -0.367 e. The van der Waals surface area contributed by atoms with Crippen molar-refractivity contribution in [1.82, 2.24) is 14.9 Å². The fraction of sp³-hybridized carbons (Fsp3) is 0.360. The van der Waals surface area contributed by atoms with E-state index in [9.17, 15) is 0 Å². The van der Waals surface area contributed by atoms with E-state index in [-0.39, 0.29) is 6.10 Å². The van der Waals surface area contributed by atoms with Crippen LogP contribution in [-0.4, -0.2) is 54.2 Å². The maximum Gasteiger partial charge on any atom is 0.225 e. The second kappa shape index (κ2) is 8.94. The monoisotopic (exact) mass is 400 g/mol. The molecule has 0 amide bonds. The molecule has 0 unspecified atom stereocenters. The second-order valence-electron chi connectivity index (χ2n) is 8.03. The molecule has 2 aliphatic rings. The third-order valence-electron chi connectivity index (χ3n) is 6.24. The van der Waals surface area contributed by atoms with Crippen LogP contribution in [0.2, 0.25) is 0 Å². The normalized spacial score (nSPS) is 17.3. The molecule has 1 fully saturated rings. The lowest BCUT2D eigenvalue weighted by molar-refractivity contribution is 0.0583. The summed E-state index contributed by atoms with van der Waals surface area (Å²) in [5, 5.41) is 0. The minimum absolute atomic E-state index is 0.0268. The Balaban J connectivity index is 1.22. The van der Waals surface area contributed by atoms with Gasteiger partial charge in [0.15, 0.2) is 0 Å². The Morgan fingerprint density at radius 1 is 0.767 bits per heavy atom. The number of hydrogen-bond donors (Lipinski definition) is 0. The van der Waals surface area contributed by atoms with Crippen LogP contribution in [-0.2, 0) is 17.6 Å². The van der Waals surface area contributed by atoms with Crippen LogP contribution in [0.4, 0.5) is 5.95 Å². The van der Waals surface area contributed by atoms with Crippen LogP contribution in [0.5, 0.6) is 0 Å². The van der Waals surface area contributed by atoms with Crippen LogP contribution in [0, 0.1) is 0 Å². The van der Waals surface area contributed by atoms with Crippen molar-refractivity contribution in [2.24, 2.45) is 0 Å². The van der Waals surface area contributed by atoms with Gasteiger partial charge in [0.05, 0.1) is 6.61 Å². The molecule has 154 valence electrons. The topological polar surface area (TPSA) is 41.5 Å². The van der Waals surface area contributed by atoms with Crippen molar-refractivity contribution in [1.29, 1.82) is 0 Å². The lowest BCUT2D eigenvalue weighted by atomic mass is 9.97. The highest BCUT2D eigenvalue weighted by atomic mass is 16.5. The van der Waals surface area contributed by atoms with Gasteiger partial charge < -0.3 is 9.64 Å².